The number of fused-ring (bicyclic) bond motifs is 39. The van der Waals surface area contributed by atoms with Crippen LogP contribution in [0.3, 0.4) is 0 Å². The first-order valence-electron chi connectivity index (χ1n) is 38.4. The van der Waals surface area contributed by atoms with Gasteiger partial charge in [-0.05, 0) is 222 Å². The molecule has 0 saturated heterocycles. The van der Waals surface area contributed by atoms with E-state index in [0.717, 1.165) is 39.5 Å². The van der Waals surface area contributed by atoms with E-state index in [4.69, 9.17) is 0 Å². The molecule has 0 radical (unpaired) electrons. The van der Waals surface area contributed by atoms with Crippen molar-refractivity contribution in [2.75, 3.05) is 9.80 Å². The minimum Gasteiger partial charge on any atom is -0.311 e. The van der Waals surface area contributed by atoms with Crippen LogP contribution >= 0.6 is 0 Å². The molecule has 17 aromatic carbocycles. The highest BCUT2D eigenvalue weighted by molar-refractivity contribution is 7.01. The van der Waals surface area contributed by atoms with Crippen LogP contribution in [0.5, 0.6) is 0 Å². The topological polar surface area (TPSA) is 11.4 Å². The largest absolute Gasteiger partial charge is 0.311 e. The SMILES string of the molecule is c1ccc(-c2ccc(N3c4cc(-n5c6ccccc6c6ccccc65)cc5c4B(c4c3ccc3c4-c4ccccc4C34c3ccccc3-c3ccccc34)c3c(ccc4c3C3(c6ccccc6-c6ccccc63)c3ccccc3-4)N5c3ccc4c(c3)C3(c5ccccc5-c5ccccc53)c3ccccc3-4)cc2)cc1. The first kappa shape index (κ1) is 58.5. The van der Waals surface area contributed by atoms with E-state index >= 15 is 0 Å². The lowest BCUT2D eigenvalue weighted by Gasteiger charge is -2.47. The fourth-order valence-corrected chi connectivity index (χ4v) is 22.9. The Labute approximate surface area is 631 Å². The van der Waals surface area contributed by atoms with Crippen LogP contribution in [0.25, 0.3) is 105 Å². The molecule has 0 amide bonds. The molecule has 109 heavy (non-hydrogen) atoms. The van der Waals surface area contributed by atoms with Gasteiger partial charge in [0.1, 0.15) is 0 Å². The van der Waals surface area contributed by atoms with Gasteiger partial charge < -0.3 is 14.4 Å². The fraction of sp³-hybridized carbons (Fsp3) is 0.0286. The Kier molecular flexibility index (Phi) is 11.2. The van der Waals surface area contributed by atoms with Crippen molar-refractivity contribution in [1.29, 1.82) is 0 Å². The van der Waals surface area contributed by atoms with Crippen LogP contribution in [0.2, 0.25) is 0 Å². The third-order valence-electron chi connectivity index (χ3n) is 26.6. The van der Waals surface area contributed by atoms with Gasteiger partial charge in [-0.3, -0.25) is 0 Å². The second-order valence-corrected chi connectivity index (χ2v) is 31.0. The van der Waals surface area contributed by atoms with Gasteiger partial charge in [-0.25, -0.2) is 0 Å². The summed E-state index contributed by atoms with van der Waals surface area (Å²) in [7, 11) is 0. The molecule has 3 nitrogen and oxygen atoms in total. The molecule has 0 saturated carbocycles. The van der Waals surface area contributed by atoms with Gasteiger partial charge in [-0.15, -0.1) is 0 Å². The zero-order valence-electron chi connectivity index (χ0n) is 59.2. The van der Waals surface area contributed by atoms with Crippen molar-refractivity contribution in [2.45, 2.75) is 16.2 Å². The van der Waals surface area contributed by atoms with Crippen molar-refractivity contribution in [3.05, 3.63) is 443 Å². The number of nitrogens with zero attached hydrogens (tertiary/aromatic N) is 3. The first-order chi connectivity index (χ1) is 54.1. The number of para-hydroxylation sites is 2. The van der Waals surface area contributed by atoms with Gasteiger partial charge in [0, 0.05) is 44.9 Å². The third-order valence-corrected chi connectivity index (χ3v) is 26.6. The summed E-state index contributed by atoms with van der Waals surface area (Å²) in [6.07, 6.45) is 0. The van der Waals surface area contributed by atoms with Gasteiger partial charge in [-0.1, -0.05) is 315 Å². The number of hydrogen-bond acceptors (Lipinski definition) is 2. The van der Waals surface area contributed by atoms with Gasteiger partial charge in [0.05, 0.1) is 33.0 Å². The molecule has 0 atom stereocenters. The fourth-order valence-electron chi connectivity index (χ4n) is 22.9. The summed E-state index contributed by atoms with van der Waals surface area (Å²) in [5.41, 5.74) is 45.9. The summed E-state index contributed by atoms with van der Waals surface area (Å²) >= 11 is 0. The summed E-state index contributed by atoms with van der Waals surface area (Å²) in [4.78, 5) is 5.46. The zero-order chi connectivity index (χ0) is 70.7. The molecule has 18 aromatic rings. The summed E-state index contributed by atoms with van der Waals surface area (Å²) in [6.45, 7) is -0.358. The predicted octanol–water partition coefficient (Wildman–Crippen LogP) is 23.6. The molecule has 26 rings (SSSR count). The number of rotatable bonds is 4. The van der Waals surface area contributed by atoms with Crippen molar-refractivity contribution in [1.82, 2.24) is 4.57 Å². The van der Waals surface area contributed by atoms with Crippen molar-refractivity contribution in [3.63, 3.8) is 0 Å². The van der Waals surface area contributed by atoms with Gasteiger partial charge >= 0.3 is 0 Å². The highest BCUT2D eigenvalue weighted by Crippen LogP contribution is 2.68. The summed E-state index contributed by atoms with van der Waals surface area (Å²) in [5, 5.41) is 2.44. The Morgan fingerprint density at radius 1 is 0.202 bits per heavy atom. The Morgan fingerprint density at radius 2 is 0.550 bits per heavy atom. The minimum absolute atomic E-state index is 0.358. The molecule has 0 unspecified atom stereocenters. The number of hydrogen-bond donors (Lipinski definition) is 0. The molecule has 6 aliphatic carbocycles. The van der Waals surface area contributed by atoms with Crippen LogP contribution in [0, 0.1) is 0 Å². The average molecular weight is 1380 g/mol. The molecule has 4 heteroatoms. The molecule has 0 bridgehead atoms. The molecule has 0 N–H and O–H groups in total. The van der Waals surface area contributed by atoms with Crippen molar-refractivity contribution in [3.8, 4) is 83.6 Å². The van der Waals surface area contributed by atoms with E-state index in [1.807, 2.05) is 0 Å². The third kappa shape index (κ3) is 6.92. The van der Waals surface area contributed by atoms with E-state index in [1.54, 1.807) is 0 Å². The van der Waals surface area contributed by atoms with E-state index in [9.17, 15) is 0 Å². The van der Waals surface area contributed by atoms with E-state index < -0.39 is 16.2 Å². The molecule has 0 fully saturated rings. The van der Waals surface area contributed by atoms with E-state index in [-0.39, 0.29) is 6.71 Å². The van der Waals surface area contributed by atoms with Gasteiger partial charge in [0.25, 0.3) is 6.71 Å². The monoisotopic (exact) mass is 1380 g/mol. The zero-order valence-corrected chi connectivity index (χ0v) is 59.2. The normalized spacial score (nSPS) is 15.0. The Bertz CT molecular complexity index is 6930. The highest BCUT2D eigenvalue weighted by Gasteiger charge is 2.60. The molecule has 3 heterocycles. The number of benzene rings is 17. The Hall–Kier alpha value is -13.8. The second-order valence-electron chi connectivity index (χ2n) is 31.0. The maximum absolute atomic E-state index is 2.76. The smallest absolute Gasteiger partial charge is 0.253 e. The maximum atomic E-state index is 2.76. The van der Waals surface area contributed by atoms with Crippen LogP contribution < -0.4 is 26.2 Å². The maximum Gasteiger partial charge on any atom is 0.253 e. The Morgan fingerprint density at radius 3 is 1.05 bits per heavy atom. The molecule has 500 valence electrons. The Balaban J connectivity index is 0.863. The number of anilines is 6. The molecule has 8 aliphatic rings. The molecule has 3 spiro atoms. The van der Waals surface area contributed by atoms with Crippen LogP contribution in [-0.2, 0) is 16.2 Å². The van der Waals surface area contributed by atoms with Crippen LogP contribution in [-0.4, -0.2) is 11.3 Å². The van der Waals surface area contributed by atoms with E-state index in [2.05, 4.69) is 390 Å². The van der Waals surface area contributed by atoms with Gasteiger partial charge in [0.15, 0.2) is 0 Å². The summed E-state index contributed by atoms with van der Waals surface area (Å²) in [5.74, 6) is 0. The van der Waals surface area contributed by atoms with Crippen molar-refractivity contribution < 1.29 is 0 Å². The summed E-state index contributed by atoms with van der Waals surface area (Å²) in [6, 6.07) is 146. The standard InChI is InChI=1S/C105H62BN3/c1-2-26-63(27-3-1)64-50-52-65(53-51-64)107-94-59-57-90-98(80-38-12-23-47-89(80)103(90)81-39-15-4-28-68(81)69-29-5-16-40-82(69)103)101(94)106-100-96(107)61-67(109-92-48-24-13-36-77(92)78-37-14-25-49-93(78)109)62-97(100)108(66-54-55-76-74-34-8-19-43-85(74)104(91(76)60-66)83-41-17-6-30-70(83)71-31-7-18-42-84(71)104)95-58-56-79-75-35-11-22-46-88(75)105(99(79)102(95)106)86-44-20-9-32-72(86)73-33-10-21-45-87(73)105/h1-62H. The lowest BCUT2D eigenvalue weighted by atomic mass is 9.31. The first-order valence-corrected chi connectivity index (χ1v) is 38.4. The van der Waals surface area contributed by atoms with Crippen molar-refractivity contribution in [2.24, 2.45) is 0 Å². The van der Waals surface area contributed by atoms with Gasteiger partial charge in [-0.2, -0.15) is 0 Å². The minimum atomic E-state index is -0.734. The molecule has 2 aliphatic heterocycles. The van der Waals surface area contributed by atoms with Crippen LogP contribution in [0.4, 0.5) is 34.1 Å². The molecule has 1 aromatic heterocycles. The van der Waals surface area contributed by atoms with Crippen LogP contribution in [0.15, 0.2) is 376 Å². The lowest BCUT2D eigenvalue weighted by molar-refractivity contribution is 0.793. The predicted molar refractivity (Wildman–Crippen MR) is 449 cm³/mol. The lowest BCUT2D eigenvalue weighted by Crippen LogP contribution is -2.63. The average Bonchev–Trinajstić information content (AvgIpc) is 1.61. The molecular formula is C105H62BN3. The molecular weight excluding hydrogens is 1310 g/mol. The summed E-state index contributed by atoms with van der Waals surface area (Å²) < 4.78 is 2.56. The second kappa shape index (κ2) is 20.8. The number of aromatic nitrogens is 1. The quantitative estimate of drug-likeness (QED) is 0.163. The van der Waals surface area contributed by atoms with E-state index in [0.29, 0.717) is 0 Å². The van der Waals surface area contributed by atoms with Crippen LogP contribution in [0.1, 0.15) is 66.8 Å². The highest BCUT2D eigenvalue weighted by atomic mass is 15.2. The van der Waals surface area contributed by atoms with E-state index in [1.165, 1.54) is 183 Å². The van der Waals surface area contributed by atoms with Gasteiger partial charge in [0.2, 0.25) is 0 Å². The van der Waals surface area contributed by atoms with Crippen molar-refractivity contribution >= 4 is 79.0 Å².